The van der Waals surface area contributed by atoms with E-state index in [2.05, 4.69) is 17.0 Å². The number of hydrogen-bond acceptors (Lipinski definition) is 4. The Hall–Kier alpha value is -1.10. The first-order valence-electron chi connectivity index (χ1n) is 7.91. The standard InChI is InChI=1S/C17H25NO3/c1-19-16-4-2-14(3-5-16)12-17-13-18(8-11-21-17)15-6-9-20-10-7-15/h2-5,15,17H,6-13H2,1H3/t17-/m0/s1. The summed E-state index contributed by atoms with van der Waals surface area (Å²) in [4.78, 5) is 2.60. The smallest absolute Gasteiger partial charge is 0.118 e. The summed E-state index contributed by atoms with van der Waals surface area (Å²) in [6.07, 6.45) is 3.60. The molecule has 2 aliphatic rings. The van der Waals surface area contributed by atoms with Crippen molar-refractivity contribution >= 4 is 0 Å². The van der Waals surface area contributed by atoms with Gasteiger partial charge in [0.05, 0.1) is 19.8 Å². The van der Waals surface area contributed by atoms with Gasteiger partial charge in [-0.3, -0.25) is 4.90 Å². The van der Waals surface area contributed by atoms with Crippen molar-refractivity contribution in [3.05, 3.63) is 29.8 Å². The van der Waals surface area contributed by atoms with Gasteiger partial charge in [-0.15, -0.1) is 0 Å². The topological polar surface area (TPSA) is 30.9 Å². The predicted molar refractivity (Wildman–Crippen MR) is 81.9 cm³/mol. The molecule has 4 heteroatoms. The minimum Gasteiger partial charge on any atom is -0.497 e. The maximum atomic E-state index is 5.96. The lowest BCUT2D eigenvalue weighted by molar-refractivity contribution is -0.0610. The highest BCUT2D eigenvalue weighted by atomic mass is 16.5. The molecule has 4 nitrogen and oxygen atoms in total. The molecule has 0 aliphatic carbocycles. The highest BCUT2D eigenvalue weighted by molar-refractivity contribution is 5.27. The average Bonchev–Trinajstić information content (AvgIpc) is 2.57. The van der Waals surface area contributed by atoms with Crippen LogP contribution < -0.4 is 4.74 Å². The summed E-state index contributed by atoms with van der Waals surface area (Å²) >= 11 is 0. The third kappa shape index (κ3) is 3.96. The SMILES string of the molecule is COc1ccc(C[C@H]2CN(C3CCOCC3)CCO2)cc1. The van der Waals surface area contributed by atoms with Gasteiger partial charge in [-0.25, -0.2) is 0 Å². The van der Waals surface area contributed by atoms with Gasteiger partial charge in [-0.05, 0) is 37.0 Å². The van der Waals surface area contributed by atoms with Crippen molar-refractivity contribution in [3.63, 3.8) is 0 Å². The van der Waals surface area contributed by atoms with Gasteiger partial charge >= 0.3 is 0 Å². The third-order valence-electron chi connectivity index (χ3n) is 4.50. The van der Waals surface area contributed by atoms with Gasteiger partial charge in [0.1, 0.15) is 5.75 Å². The van der Waals surface area contributed by atoms with Crippen molar-refractivity contribution in [2.24, 2.45) is 0 Å². The van der Waals surface area contributed by atoms with E-state index in [-0.39, 0.29) is 0 Å². The van der Waals surface area contributed by atoms with Gasteiger partial charge in [0.15, 0.2) is 0 Å². The highest BCUT2D eigenvalue weighted by Crippen LogP contribution is 2.20. The van der Waals surface area contributed by atoms with Crippen molar-refractivity contribution in [2.75, 3.05) is 40.0 Å². The van der Waals surface area contributed by atoms with Crippen molar-refractivity contribution in [1.29, 1.82) is 0 Å². The fraction of sp³-hybridized carbons (Fsp3) is 0.647. The van der Waals surface area contributed by atoms with Crippen LogP contribution in [0.15, 0.2) is 24.3 Å². The number of ether oxygens (including phenoxy) is 3. The molecule has 0 amide bonds. The quantitative estimate of drug-likeness (QED) is 0.850. The van der Waals surface area contributed by atoms with Gasteiger partial charge in [-0.1, -0.05) is 12.1 Å². The van der Waals surface area contributed by atoms with E-state index in [1.165, 1.54) is 5.56 Å². The molecule has 1 aromatic carbocycles. The molecule has 0 spiro atoms. The predicted octanol–water partition coefficient (Wildman–Crippen LogP) is 2.12. The first-order chi connectivity index (χ1) is 10.3. The zero-order valence-electron chi connectivity index (χ0n) is 12.8. The van der Waals surface area contributed by atoms with Crippen LogP contribution in [-0.2, 0) is 15.9 Å². The number of hydrogen-bond donors (Lipinski definition) is 0. The lowest BCUT2D eigenvalue weighted by Crippen LogP contribution is -2.49. The molecule has 0 N–H and O–H groups in total. The molecular weight excluding hydrogens is 266 g/mol. The van der Waals surface area contributed by atoms with E-state index >= 15 is 0 Å². The second kappa shape index (κ2) is 7.25. The lowest BCUT2D eigenvalue weighted by atomic mass is 10.0. The van der Waals surface area contributed by atoms with E-state index in [4.69, 9.17) is 14.2 Å². The summed E-state index contributed by atoms with van der Waals surface area (Å²) in [5.74, 6) is 0.909. The largest absolute Gasteiger partial charge is 0.497 e. The number of nitrogens with zero attached hydrogens (tertiary/aromatic N) is 1. The second-order valence-electron chi connectivity index (χ2n) is 5.88. The highest BCUT2D eigenvalue weighted by Gasteiger charge is 2.27. The normalized spacial score (nSPS) is 24.9. The molecule has 21 heavy (non-hydrogen) atoms. The second-order valence-corrected chi connectivity index (χ2v) is 5.88. The summed E-state index contributed by atoms with van der Waals surface area (Å²) < 4.78 is 16.6. The lowest BCUT2D eigenvalue weighted by Gasteiger charge is -2.39. The molecule has 1 atom stereocenters. The van der Waals surface area contributed by atoms with E-state index in [1.807, 2.05) is 12.1 Å². The molecule has 0 saturated carbocycles. The van der Waals surface area contributed by atoms with Crippen LogP contribution in [0.4, 0.5) is 0 Å². The van der Waals surface area contributed by atoms with Crippen LogP contribution in [0.25, 0.3) is 0 Å². The molecule has 2 heterocycles. The monoisotopic (exact) mass is 291 g/mol. The summed E-state index contributed by atoms with van der Waals surface area (Å²) in [6.45, 7) is 4.76. The number of benzene rings is 1. The van der Waals surface area contributed by atoms with Crippen LogP contribution >= 0.6 is 0 Å². The molecule has 2 saturated heterocycles. The number of rotatable bonds is 4. The molecule has 2 fully saturated rings. The van der Waals surface area contributed by atoms with Crippen LogP contribution in [0.1, 0.15) is 18.4 Å². The molecule has 2 aliphatic heterocycles. The summed E-state index contributed by atoms with van der Waals surface area (Å²) in [7, 11) is 1.70. The zero-order chi connectivity index (χ0) is 14.5. The van der Waals surface area contributed by atoms with Crippen molar-refractivity contribution < 1.29 is 14.2 Å². The minimum atomic E-state index is 0.301. The molecule has 116 valence electrons. The van der Waals surface area contributed by atoms with Gasteiger partial charge in [0.25, 0.3) is 0 Å². The van der Waals surface area contributed by atoms with E-state index < -0.39 is 0 Å². The first-order valence-corrected chi connectivity index (χ1v) is 7.91. The molecular formula is C17H25NO3. The molecule has 0 unspecified atom stereocenters. The van der Waals surface area contributed by atoms with E-state index in [0.29, 0.717) is 12.1 Å². The van der Waals surface area contributed by atoms with Crippen LogP contribution in [0.3, 0.4) is 0 Å². The maximum Gasteiger partial charge on any atom is 0.118 e. The van der Waals surface area contributed by atoms with Crippen molar-refractivity contribution in [1.82, 2.24) is 4.90 Å². The average molecular weight is 291 g/mol. The Balaban J connectivity index is 1.55. The summed E-state index contributed by atoms with van der Waals surface area (Å²) in [5.41, 5.74) is 1.31. The summed E-state index contributed by atoms with van der Waals surface area (Å²) in [5, 5.41) is 0. The summed E-state index contributed by atoms with van der Waals surface area (Å²) in [6, 6.07) is 8.99. The maximum absolute atomic E-state index is 5.96. The van der Waals surface area contributed by atoms with Crippen molar-refractivity contribution in [3.8, 4) is 5.75 Å². The minimum absolute atomic E-state index is 0.301. The third-order valence-corrected chi connectivity index (χ3v) is 4.50. The van der Waals surface area contributed by atoms with Gasteiger partial charge < -0.3 is 14.2 Å². The van der Waals surface area contributed by atoms with Crippen molar-refractivity contribution in [2.45, 2.75) is 31.4 Å². The molecule has 0 bridgehead atoms. The molecule has 1 aromatic rings. The Morgan fingerprint density at radius 1 is 1.14 bits per heavy atom. The van der Waals surface area contributed by atoms with E-state index in [1.54, 1.807) is 7.11 Å². The number of morpholine rings is 1. The van der Waals surface area contributed by atoms with Gasteiger partial charge in [-0.2, -0.15) is 0 Å². The van der Waals surface area contributed by atoms with Gasteiger partial charge in [0, 0.05) is 32.3 Å². The fourth-order valence-corrected chi connectivity index (χ4v) is 3.27. The zero-order valence-corrected chi connectivity index (χ0v) is 12.8. The van der Waals surface area contributed by atoms with Crippen LogP contribution in [0.5, 0.6) is 5.75 Å². The van der Waals surface area contributed by atoms with E-state index in [0.717, 1.165) is 57.9 Å². The fourth-order valence-electron chi connectivity index (χ4n) is 3.27. The van der Waals surface area contributed by atoms with Crippen LogP contribution in [-0.4, -0.2) is 57.1 Å². The molecule has 0 radical (unpaired) electrons. The number of methoxy groups -OCH3 is 1. The van der Waals surface area contributed by atoms with Crippen LogP contribution in [0.2, 0.25) is 0 Å². The van der Waals surface area contributed by atoms with E-state index in [9.17, 15) is 0 Å². The van der Waals surface area contributed by atoms with Crippen LogP contribution in [0, 0.1) is 0 Å². The Labute approximate surface area is 127 Å². The Morgan fingerprint density at radius 2 is 1.90 bits per heavy atom. The molecule has 0 aromatic heterocycles. The first kappa shape index (κ1) is 14.8. The molecule has 3 rings (SSSR count). The Morgan fingerprint density at radius 3 is 2.62 bits per heavy atom. The van der Waals surface area contributed by atoms with Gasteiger partial charge in [0.2, 0.25) is 0 Å². The Bertz CT molecular complexity index is 428. The Kier molecular flexibility index (Phi) is 5.12.